The number of hydrogen-bond acceptors (Lipinski definition) is 7. The molecule has 11 heteroatoms. The van der Waals surface area contributed by atoms with Gasteiger partial charge in [0.15, 0.2) is 17.3 Å². The van der Waals surface area contributed by atoms with Crippen LogP contribution >= 0.6 is 11.8 Å². The first-order valence-electron chi connectivity index (χ1n) is 13.1. The molecule has 0 saturated heterocycles. The van der Waals surface area contributed by atoms with Crippen molar-refractivity contribution in [2.45, 2.75) is 48.4 Å². The Labute approximate surface area is 232 Å². The number of benzene rings is 2. The van der Waals surface area contributed by atoms with E-state index in [0.717, 1.165) is 35.8 Å². The van der Waals surface area contributed by atoms with E-state index in [1.807, 2.05) is 29.3 Å². The van der Waals surface area contributed by atoms with E-state index in [1.165, 1.54) is 30.9 Å². The van der Waals surface area contributed by atoms with Gasteiger partial charge in [-0.1, -0.05) is 24.3 Å². The lowest BCUT2D eigenvalue weighted by molar-refractivity contribution is -0.147. The molecule has 0 unspecified atom stereocenters. The van der Waals surface area contributed by atoms with Crippen LogP contribution in [-0.4, -0.2) is 40.5 Å². The molecule has 0 N–H and O–H groups in total. The maximum absolute atomic E-state index is 15.3. The summed E-state index contributed by atoms with van der Waals surface area (Å²) in [6.45, 7) is 0.861. The fourth-order valence-electron chi connectivity index (χ4n) is 6.46. The number of hydrogen-bond donors (Lipinski definition) is 0. The van der Waals surface area contributed by atoms with Crippen LogP contribution in [0.5, 0.6) is 5.75 Å². The first-order chi connectivity index (χ1) is 19.3. The zero-order valence-corrected chi connectivity index (χ0v) is 22.4. The summed E-state index contributed by atoms with van der Waals surface area (Å²) in [5.41, 5.74) is 0.867. The Bertz CT molecular complexity index is 1630. The van der Waals surface area contributed by atoms with E-state index in [2.05, 4.69) is 0 Å². The zero-order chi connectivity index (χ0) is 27.8. The average Bonchev–Trinajstić information content (AvgIpc) is 3.04. The summed E-state index contributed by atoms with van der Waals surface area (Å²) >= 11 is 1.43. The third-order valence-corrected chi connectivity index (χ3v) is 9.62. The van der Waals surface area contributed by atoms with Crippen LogP contribution in [0.2, 0.25) is 0 Å². The first-order valence-corrected chi connectivity index (χ1v) is 14.1. The normalized spacial score (nSPS) is 24.1. The molecular weight excluding hydrogens is 540 g/mol. The molecule has 3 aliphatic carbocycles. The predicted molar refractivity (Wildman–Crippen MR) is 141 cm³/mol. The number of esters is 1. The van der Waals surface area contributed by atoms with Gasteiger partial charge in [0, 0.05) is 40.9 Å². The van der Waals surface area contributed by atoms with Gasteiger partial charge in [0.1, 0.15) is 6.67 Å². The predicted octanol–water partition coefficient (Wildman–Crippen LogP) is 4.33. The molecule has 8 rings (SSSR count). The molecule has 1 atom stereocenters. The van der Waals surface area contributed by atoms with E-state index in [1.54, 1.807) is 15.6 Å². The van der Waals surface area contributed by atoms with E-state index in [9.17, 15) is 18.8 Å². The zero-order valence-electron chi connectivity index (χ0n) is 21.6. The van der Waals surface area contributed by atoms with E-state index < -0.39 is 35.9 Å². The summed E-state index contributed by atoms with van der Waals surface area (Å²) in [5, 5.41) is 1.91. The Balaban J connectivity index is 1.44. The first kappa shape index (κ1) is 25.1. The van der Waals surface area contributed by atoms with Crippen LogP contribution in [0.4, 0.5) is 8.78 Å². The molecule has 2 aliphatic heterocycles. The number of rotatable bonds is 5. The lowest BCUT2D eigenvalue weighted by Gasteiger charge is -2.67. The van der Waals surface area contributed by atoms with E-state index in [4.69, 9.17) is 9.47 Å². The standard InChI is InChI=1S/C29H25F2N3O5S/c1-16(35)38-15-39-27-22(36)8-9-33-26(27)28(37)32(29-10-17(11-29)12-29)14-34(33)25-18-6-7-21(30)24(31)20(18)13-40-23-5-3-2-4-19(23)25/h2-9,17,25H,10-15H2,1H3/t17?,25-,29?/m0/s1. The molecule has 3 saturated carbocycles. The third kappa shape index (κ3) is 3.67. The molecule has 3 fully saturated rings. The summed E-state index contributed by atoms with van der Waals surface area (Å²) in [4.78, 5) is 41.1. The van der Waals surface area contributed by atoms with Crippen LogP contribution in [0.1, 0.15) is 59.4 Å². The highest BCUT2D eigenvalue weighted by Gasteiger charge is 2.63. The van der Waals surface area contributed by atoms with Crippen molar-refractivity contribution in [3.05, 3.63) is 92.9 Å². The lowest BCUT2D eigenvalue weighted by atomic mass is 9.49. The van der Waals surface area contributed by atoms with Crippen molar-refractivity contribution < 1.29 is 27.8 Å². The van der Waals surface area contributed by atoms with Crippen molar-refractivity contribution in [3.8, 4) is 5.75 Å². The maximum atomic E-state index is 15.3. The molecule has 1 aromatic heterocycles. The minimum atomic E-state index is -0.918. The second-order valence-electron chi connectivity index (χ2n) is 10.8. The van der Waals surface area contributed by atoms with E-state index >= 15 is 4.39 Å². The molecule has 8 nitrogen and oxygen atoms in total. The highest BCUT2D eigenvalue weighted by molar-refractivity contribution is 7.98. The number of nitrogens with zero attached hydrogens (tertiary/aromatic N) is 3. The van der Waals surface area contributed by atoms with Gasteiger partial charge >= 0.3 is 5.97 Å². The van der Waals surface area contributed by atoms with Gasteiger partial charge < -0.3 is 14.4 Å². The molecule has 2 aromatic carbocycles. The number of ether oxygens (including phenoxy) is 2. The molecule has 2 bridgehead atoms. The second-order valence-corrected chi connectivity index (χ2v) is 11.8. The number of fused-ring (bicyclic) bond motifs is 3. The second kappa shape index (κ2) is 9.09. The smallest absolute Gasteiger partial charge is 0.305 e. The molecule has 0 radical (unpaired) electrons. The summed E-state index contributed by atoms with van der Waals surface area (Å²) in [5.74, 6) is -2.16. The molecule has 3 aromatic rings. The quantitative estimate of drug-likeness (QED) is 0.337. The van der Waals surface area contributed by atoms with E-state index in [0.29, 0.717) is 11.5 Å². The number of aromatic nitrogens is 1. The fourth-order valence-corrected chi connectivity index (χ4v) is 7.57. The van der Waals surface area contributed by atoms with E-state index in [-0.39, 0.29) is 40.9 Å². The van der Waals surface area contributed by atoms with Gasteiger partial charge in [0.25, 0.3) is 5.91 Å². The van der Waals surface area contributed by atoms with Gasteiger partial charge in [-0.15, -0.1) is 11.8 Å². The number of carbonyl (C=O) groups excluding carboxylic acids is 2. The van der Waals surface area contributed by atoms with Crippen molar-refractivity contribution in [2.24, 2.45) is 5.92 Å². The SMILES string of the molecule is CC(=O)OCOc1c2n(ccc1=O)N([C@@H]1c3ccccc3SCc3c1ccc(F)c3F)CN(C13CC(C1)C3)C2=O. The van der Waals surface area contributed by atoms with Gasteiger partial charge in [-0.25, -0.2) is 8.78 Å². The monoisotopic (exact) mass is 565 g/mol. The topological polar surface area (TPSA) is 81.1 Å². The Morgan fingerprint density at radius 1 is 1.07 bits per heavy atom. The molecule has 0 spiro atoms. The van der Waals surface area contributed by atoms with Crippen molar-refractivity contribution >= 4 is 23.6 Å². The third-order valence-electron chi connectivity index (χ3n) is 8.50. The molecule has 1 amide bonds. The highest BCUT2D eigenvalue weighted by atomic mass is 32.2. The van der Waals surface area contributed by atoms with Crippen LogP contribution in [0.3, 0.4) is 0 Å². The molecule has 206 valence electrons. The molecular formula is C29H25F2N3O5S. The Hall–Kier alpha value is -3.86. The summed E-state index contributed by atoms with van der Waals surface area (Å²) in [7, 11) is 0. The average molecular weight is 566 g/mol. The Morgan fingerprint density at radius 3 is 2.58 bits per heavy atom. The highest BCUT2D eigenvalue weighted by Crippen LogP contribution is 2.61. The van der Waals surface area contributed by atoms with Gasteiger partial charge in [-0.3, -0.25) is 24.1 Å². The summed E-state index contributed by atoms with van der Waals surface area (Å²) < 4.78 is 41.8. The number of thioether (sulfide) groups is 1. The molecule has 40 heavy (non-hydrogen) atoms. The van der Waals surface area contributed by atoms with Crippen LogP contribution < -0.4 is 15.2 Å². The van der Waals surface area contributed by atoms with Crippen LogP contribution in [0, 0.1) is 17.6 Å². The summed E-state index contributed by atoms with van der Waals surface area (Å²) in [6, 6.07) is 11.1. The minimum absolute atomic E-state index is 0.00846. The minimum Gasteiger partial charge on any atom is -0.451 e. The van der Waals surface area contributed by atoms with Gasteiger partial charge in [0.2, 0.25) is 18.0 Å². The number of carbonyl (C=O) groups is 2. The summed E-state index contributed by atoms with van der Waals surface area (Å²) in [6.07, 6.45) is 4.14. The van der Waals surface area contributed by atoms with Crippen molar-refractivity contribution in [2.75, 3.05) is 18.5 Å². The van der Waals surface area contributed by atoms with Crippen LogP contribution in [0.25, 0.3) is 0 Å². The van der Waals surface area contributed by atoms with Crippen molar-refractivity contribution in [3.63, 3.8) is 0 Å². The molecule has 3 heterocycles. The molecule has 5 aliphatic rings. The number of halogens is 2. The van der Waals surface area contributed by atoms with Gasteiger partial charge in [-0.2, -0.15) is 0 Å². The Kier molecular flexibility index (Phi) is 5.71. The maximum Gasteiger partial charge on any atom is 0.305 e. The van der Waals surface area contributed by atoms with Crippen LogP contribution in [0.15, 0.2) is 58.4 Å². The van der Waals surface area contributed by atoms with Crippen molar-refractivity contribution in [1.29, 1.82) is 0 Å². The van der Waals surface area contributed by atoms with Gasteiger partial charge in [-0.05, 0) is 48.4 Å². The van der Waals surface area contributed by atoms with Crippen molar-refractivity contribution in [1.82, 2.24) is 9.58 Å². The largest absolute Gasteiger partial charge is 0.451 e. The fraction of sp³-hybridized carbons (Fsp3) is 0.345. The van der Waals surface area contributed by atoms with Gasteiger partial charge in [0.05, 0.1) is 6.04 Å². The Morgan fingerprint density at radius 2 is 1.85 bits per heavy atom. The number of amides is 1. The van der Waals surface area contributed by atoms with Crippen LogP contribution in [-0.2, 0) is 15.3 Å². The lowest BCUT2D eigenvalue weighted by Crippen LogP contribution is -2.73. The number of pyridine rings is 1.